The first-order chi connectivity index (χ1) is 10.1. The summed E-state index contributed by atoms with van der Waals surface area (Å²) in [4.78, 5) is 18.2. The minimum absolute atomic E-state index is 0.120. The molecule has 0 radical (unpaired) electrons. The molecule has 0 bridgehead atoms. The van der Waals surface area contributed by atoms with E-state index in [2.05, 4.69) is 17.1 Å². The van der Waals surface area contributed by atoms with Crippen LogP contribution in [0.4, 0.5) is 0 Å². The molecule has 1 aromatic rings. The maximum absolute atomic E-state index is 11.6. The molecule has 0 aliphatic carbocycles. The van der Waals surface area contributed by atoms with Crippen LogP contribution < -0.4 is 0 Å². The number of carbonyl (C=O) groups is 1. The highest BCUT2D eigenvalue weighted by atomic mass is 16.5. The largest absolute Gasteiger partial charge is 0.381 e. The fourth-order valence-electron chi connectivity index (χ4n) is 3.28. The highest BCUT2D eigenvalue weighted by molar-refractivity contribution is 5.73. The average Bonchev–Trinajstić information content (AvgIpc) is 2.99. The molecule has 116 valence electrons. The first-order valence-corrected chi connectivity index (χ1v) is 7.76. The van der Waals surface area contributed by atoms with E-state index in [4.69, 9.17) is 9.26 Å². The van der Waals surface area contributed by atoms with Crippen molar-refractivity contribution in [1.29, 1.82) is 0 Å². The van der Waals surface area contributed by atoms with Gasteiger partial charge in [-0.15, -0.1) is 0 Å². The van der Waals surface area contributed by atoms with Gasteiger partial charge in [-0.1, -0.05) is 12.1 Å². The van der Waals surface area contributed by atoms with Crippen molar-refractivity contribution in [1.82, 2.24) is 15.0 Å². The van der Waals surface area contributed by atoms with Gasteiger partial charge in [0.05, 0.1) is 0 Å². The smallest absolute Gasteiger partial charge is 0.229 e. The number of aromatic nitrogens is 2. The van der Waals surface area contributed by atoms with Crippen LogP contribution in [-0.4, -0.2) is 47.3 Å². The van der Waals surface area contributed by atoms with Crippen molar-refractivity contribution in [2.45, 2.75) is 50.9 Å². The third kappa shape index (κ3) is 2.95. The molecular weight excluding hydrogens is 270 g/mol. The van der Waals surface area contributed by atoms with Crippen molar-refractivity contribution in [2.75, 3.05) is 26.3 Å². The molecule has 1 aromatic heterocycles. The van der Waals surface area contributed by atoms with Crippen LogP contribution in [0.1, 0.15) is 57.2 Å². The molecule has 0 aromatic carbocycles. The van der Waals surface area contributed by atoms with E-state index in [1.165, 1.54) is 0 Å². The van der Waals surface area contributed by atoms with E-state index in [1.807, 2.05) is 4.90 Å². The van der Waals surface area contributed by atoms with E-state index in [9.17, 15) is 4.79 Å². The van der Waals surface area contributed by atoms with Crippen molar-refractivity contribution < 1.29 is 14.1 Å². The van der Waals surface area contributed by atoms with Gasteiger partial charge in [0.15, 0.2) is 5.82 Å². The number of nitrogens with zero attached hydrogens (tertiary/aromatic N) is 3. The van der Waals surface area contributed by atoms with Gasteiger partial charge in [-0.05, 0) is 25.7 Å². The highest BCUT2D eigenvalue weighted by Gasteiger charge is 2.38. The minimum Gasteiger partial charge on any atom is -0.381 e. The summed E-state index contributed by atoms with van der Waals surface area (Å²) in [5.41, 5.74) is -0.198. The summed E-state index contributed by atoms with van der Waals surface area (Å²) in [6.45, 7) is 6.77. The van der Waals surface area contributed by atoms with E-state index < -0.39 is 0 Å². The van der Waals surface area contributed by atoms with Gasteiger partial charge in [-0.3, -0.25) is 4.79 Å². The van der Waals surface area contributed by atoms with Crippen LogP contribution in [0.5, 0.6) is 0 Å². The lowest BCUT2D eigenvalue weighted by molar-refractivity contribution is -0.131. The molecule has 2 fully saturated rings. The minimum atomic E-state index is -0.198. The summed E-state index contributed by atoms with van der Waals surface area (Å²) in [5.74, 6) is 1.91. The number of hydrogen-bond donors (Lipinski definition) is 0. The Balaban J connectivity index is 1.76. The lowest BCUT2D eigenvalue weighted by atomic mass is 9.81. The van der Waals surface area contributed by atoms with Crippen LogP contribution in [0, 0.1) is 0 Å². The third-order valence-corrected chi connectivity index (χ3v) is 4.69. The monoisotopic (exact) mass is 293 g/mol. The molecule has 1 unspecified atom stereocenters. The van der Waals surface area contributed by atoms with Crippen LogP contribution in [0.2, 0.25) is 0 Å². The summed E-state index contributed by atoms with van der Waals surface area (Å²) in [6, 6.07) is 0. The topological polar surface area (TPSA) is 68.5 Å². The summed E-state index contributed by atoms with van der Waals surface area (Å²) < 4.78 is 10.9. The predicted molar refractivity (Wildman–Crippen MR) is 75.9 cm³/mol. The Bertz CT molecular complexity index is 510. The second-order valence-corrected chi connectivity index (χ2v) is 6.45. The van der Waals surface area contributed by atoms with Crippen LogP contribution in [0.25, 0.3) is 0 Å². The summed E-state index contributed by atoms with van der Waals surface area (Å²) in [7, 11) is 0. The Hall–Kier alpha value is -1.43. The molecular formula is C15H23N3O3. The average molecular weight is 293 g/mol. The molecule has 6 heteroatoms. The molecule has 6 nitrogen and oxygen atoms in total. The van der Waals surface area contributed by atoms with Gasteiger partial charge in [-0.25, -0.2) is 0 Å². The number of ether oxygens (including phenoxy) is 1. The fraction of sp³-hybridized carbons (Fsp3) is 0.800. The van der Waals surface area contributed by atoms with E-state index in [-0.39, 0.29) is 11.3 Å². The van der Waals surface area contributed by atoms with E-state index >= 15 is 0 Å². The Morgan fingerprint density at radius 3 is 2.86 bits per heavy atom. The first kappa shape index (κ1) is 14.5. The molecule has 2 aliphatic rings. The first-order valence-electron chi connectivity index (χ1n) is 7.76. The third-order valence-electron chi connectivity index (χ3n) is 4.69. The van der Waals surface area contributed by atoms with E-state index in [0.717, 1.165) is 57.2 Å². The van der Waals surface area contributed by atoms with Crippen LogP contribution >= 0.6 is 0 Å². The Labute approximate surface area is 124 Å². The van der Waals surface area contributed by atoms with Gasteiger partial charge in [0.1, 0.15) is 0 Å². The number of carbonyl (C=O) groups excluding carboxylic acids is 1. The van der Waals surface area contributed by atoms with Crippen molar-refractivity contribution in [2.24, 2.45) is 0 Å². The maximum atomic E-state index is 11.6. The molecule has 0 spiro atoms. The quantitative estimate of drug-likeness (QED) is 0.832. The molecule has 21 heavy (non-hydrogen) atoms. The fourth-order valence-corrected chi connectivity index (χ4v) is 3.28. The van der Waals surface area contributed by atoms with E-state index in [0.29, 0.717) is 12.5 Å². The summed E-state index contributed by atoms with van der Waals surface area (Å²) >= 11 is 0. The molecule has 3 rings (SSSR count). The van der Waals surface area contributed by atoms with Gasteiger partial charge >= 0.3 is 0 Å². The zero-order valence-electron chi connectivity index (χ0n) is 12.8. The second kappa shape index (κ2) is 5.75. The van der Waals surface area contributed by atoms with Crippen LogP contribution in [0.3, 0.4) is 0 Å². The number of rotatable bonds is 2. The predicted octanol–water partition coefficient (Wildman–Crippen LogP) is 1.86. The summed E-state index contributed by atoms with van der Waals surface area (Å²) in [5, 5.41) is 4.22. The lowest BCUT2D eigenvalue weighted by Gasteiger charge is -2.37. The Kier molecular flexibility index (Phi) is 3.97. The molecule has 3 heterocycles. The summed E-state index contributed by atoms with van der Waals surface area (Å²) in [6.07, 6.45) is 3.86. The van der Waals surface area contributed by atoms with Gasteiger partial charge in [-0.2, -0.15) is 4.98 Å². The molecule has 2 saturated heterocycles. The van der Waals surface area contributed by atoms with E-state index in [1.54, 1.807) is 6.92 Å². The number of amides is 1. The lowest BCUT2D eigenvalue weighted by Crippen LogP contribution is -2.46. The molecule has 2 aliphatic heterocycles. The Morgan fingerprint density at radius 1 is 1.38 bits per heavy atom. The van der Waals surface area contributed by atoms with Crippen molar-refractivity contribution >= 4 is 5.91 Å². The normalized spacial score (nSPS) is 27.8. The van der Waals surface area contributed by atoms with Crippen molar-refractivity contribution in [3.63, 3.8) is 0 Å². The molecule has 1 atom stereocenters. The second-order valence-electron chi connectivity index (χ2n) is 6.45. The highest BCUT2D eigenvalue weighted by Crippen LogP contribution is 2.34. The van der Waals surface area contributed by atoms with Gasteiger partial charge in [0, 0.05) is 44.6 Å². The van der Waals surface area contributed by atoms with Gasteiger partial charge in [0.2, 0.25) is 11.8 Å². The van der Waals surface area contributed by atoms with Crippen LogP contribution in [0.15, 0.2) is 4.52 Å². The van der Waals surface area contributed by atoms with Crippen molar-refractivity contribution in [3.8, 4) is 0 Å². The number of piperidine rings is 1. The maximum Gasteiger partial charge on any atom is 0.229 e. The number of hydrogen-bond acceptors (Lipinski definition) is 5. The van der Waals surface area contributed by atoms with Gasteiger partial charge in [0.25, 0.3) is 0 Å². The molecule has 0 saturated carbocycles. The standard InChI is InChI=1S/C15H23N3O3/c1-11(19)18-7-3-6-15(2,10-18)14-16-13(21-17-14)12-4-8-20-9-5-12/h12H,3-10H2,1-2H3. The van der Waals surface area contributed by atoms with Crippen LogP contribution in [-0.2, 0) is 14.9 Å². The van der Waals surface area contributed by atoms with Crippen molar-refractivity contribution in [3.05, 3.63) is 11.7 Å². The molecule has 1 amide bonds. The SMILES string of the molecule is CC(=O)N1CCCC(C)(c2noc(C3CCOCC3)n2)C1. The van der Waals surface area contributed by atoms with Gasteiger partial charge < -0.3 is 14.2 Å². The molecule has 0 N–H and O–H groups in total. The zero-order chi connectivity index (χ0) is 14.9. The Morgan fingerprint density at radius 2 is 2.14 bits per heavy atom. The number of likely N-dealkylation sites (tertiary alicyclic amines) is 1. The zero-order valence-corrected chi connectivity index (χ0v) is 12.8.